The lowest BCUT2D eigenvalue weighted by molar-refractivity contribution is -0.0990. The average Bonchev–Trinajstić information content (AvgIpc) is 2.26. The summed E-state index contributed by atoms with van der Waals surface area (Å²) in [6, 6.07) is 6.03. The van der Waals surface area contributed by atoms with Gasteiger partial charge in [0.05, 0.1) is 0 Å². The molecule has 1 rings (SSSR count). The number of halogens is 1. The van der Waals surface area contributed by atoms with E-state index in [1.54, 1.807) is 19.1 Å². The molecule has 0 aliphatic rings. The highest BCUT2D eigenvalue weighted by atomic mass is 19.1. The van der Waals surface area contributed by atoms with E-state index in [2.05, 4.69) is 5.92 Å². The molecule has 1 unspecified atom stereocenters. The van der Waals surface area contributed by atoms with E-state index in [1.165, 1.54) is 19.2 Å². The summed E-state index contributed by atoms with van der Waals surface area (Å²) in [5.41, 5.74) is -0.361. The average molecular weight is 208 g/mol. The zero-order valence-electron chi connectivity index (χ0n) is 8.79. The van der Waals surface area contributed by atoms with Gasteiger partial charge in [-0.15, -0.1) is 6.42 Å². The monoisotopic (exact) mass is 208 g/mol. The van der Waals surface area contributed by atoms with Crippen LogP contribution in [0.3, 0.4) is 0 Å². The van der Waals surface area contributed by atoms with Crippen LogP contribution in [0.5, 0.6) is 0 Å². The first-order valence-corrected chi connectivity index (χ1v) is 4.49. The van der Waals surface area contributed by atoms with E-state index in [4.69, 9.17) is 15.9 Å². The number of benzene rings is 1. The van der Waals surface area contributed by atoms with Gasteiger partial charge in [-0.25, -0.2) is 4.39 Å². The Labute approximate surface area is 89.0 Å². The molecule has 0 amide bonds. The second-order valence-corrected chi connectivity index (χ2v) is 3.24. The molecule has 0 saturated carbocycles. The van der Waals surface area contributed by atoms with E-state index >= 15 is 0 Å². The topological polar surface area (TPSA) is 18.5 Å². The minimum atomic E-state index is -0.960. The van der Waals surface area contributed by atoms with Crippen molar-refractivity contribution in [3.8, 4) is 12.3 Å². The molecular formula is C12H13FO2. The van der Waals surface area contributed by atoms with E-state index in [0.29, 0.717) is 5.56 Å². The molecule has 1 atom stereocenters. The molecule has 15 heavy (non-hydrogen) atoms. The molecule has 0 radical (unpaired) electrons. The maximum absolute atomic E-state index is 13.0. The molecule has 0 spiro atoms. The molecule has 0 bridgehead atoms. The van der Waals surface area contributed by atoms with Gasteiger partial charge in [-0.3, -0.25) is 0 Å². The van der Waals surface area contributed by atoms with Gasteiger partial charge in [0.2, 0.25) is 0 Å². The van der Waals surface area contributed by atoms with Crippen LogP contribution in [0.2, 0.25) is 0 Å². The van der Waals surface area contributed by atoms with Crippen LogP contribution in [0.4, 0.5) is 4.39 Å². The lowest BCUT2D eigenvalue weighted by atomic mass is 9.97. The third-order valence-electron chi connectivity index (χ3n) is 2.12. The highest BCUT2D eigenvalue weighted by Crippen LogP contribution is 2.24. The number of hydrogen-bond acceptors (Lipinski definition) is 2. The number of terminal acetylenes is 1. The minimum absolute atomic E-state index is 0.0667. The second-order valence-electron chi connectivity index (χ2n) is 3.24. The fraction of sp³-hybridized carbons (Fsp3) is 0.333. The van der Waals surface area contributed by atoms with E-state index < -0.39 is 5.60 Å². The second kappa shape index (κ2) is 4.92. The Morgan fingerprint density at radius 1 is 1.53 bits per heavy atom. The van der Waals surface area contributed by atoms with Gasteiger partial charge in [-0.2, -0.15) is 0 Å². The molecule has 0 heterocycles. The summed E-state index contributed by atoms with van der Waals surface area (Å²) in [4.78, 5) is 0. The van der Waals surface area contributed by atoms with Crippen LogP contribution >= 0.6 is 0 Å². The highest BCUT2D eigenvalue weighted by molar-refractivity contribution is 5.30. The molecule has 0 N–H and O–H groups in total. The van der Waals surface area contributed by atoms with Gasteiger partial charge < -0.3 is 9.47 Å². The van der Waals surface area contributed by atoms with Crippen molar-refractivity contribution in [2.24, 2.45) is 0 Å². The molecule has 2 nitrogen and oxygen atoms in total. The minimum Gasteiger partial charge on any atom is -0.359 e. The van der Waals surface area contributed by atoms with Crippen molar-refractivity contribution in [1.29, 1.82) is 0 Å². The van der Waals surface area contributed by atoms with Crippen LogP contribution < -0.4 is 0 Å². The Hall–Kier alpha value is -1.37. The number of hydrogen-bond donors (Lipinski definition) is 0. The van der Waals surface area contributed by atoms with Gasteiger partial charge in [-0.1, -0.05) is 18.1 Å². The predicted octanol–water partition coefficient (Wildman–Crippen LogP) is 2.29. The third kappa shape index (κ3) is 2.79. The quantitative estimate of drug-likeness (QED) is 0.558. The summed E-state index contributed by atoms with van der Waals surface area (Å²) in [6.45, 7) is 1.76. The van der Waals surface area contributed by atoms with Gasteiger partial charge in [0.25, 0.3) is 0 Å². The summed E-state index contributed by atoms with van der Waals surface area (Å²) in [6.07, 6.45) is 5.38. The Bertz CT molecular complexity index is 370. The molecule has 0 aliphatic heterocycles. The van der Waals surface area contributed by atoms with Crippen molar-refractivity contribution in [2.45, 2.75) is 12.5 Å². The van der Waals surface area contributed by atoms with E-state index in [-0.39, 0.29) is 12.6 Å². The first kappa shape index (κ1) is 11.7. The maximum atomic E-state index is 13.0. The van der Waals surface area contributed by atoms with Crippen molar-refractivity contribution >= 4 is 0 Å². The zero-order chi connectivity index (χ0) is 11.3. The Morgan fingerprint density at radius 3 is 2.80 bits per heavy atom. The van der Waals surface area contributed by atoms with Crippen LogP contribution in [-0.2, 0) is 15.1 Å². The maximum Gasteiger partial charge on any atom is 0.154 e. The summed E-state index contributed by atoms with van der Waals surface area (Å²) in [7, 11) is 1.50. The molecule has 1 aromatic carbocycles. The van der Waals surface area contributed by atoms with Crippen LogP contribution in [0, 0.1) is 18.2 Å². The number of ether oxygens (including phenoxy) is 2. The molecule has 0 fully saturated rings. The van der Waals surface area contributed by atoms with Gasteiger partial charge in [-0.05, 0) is 24.6 Å². The molecule has 0 saturated heterocycles. The van der Waals surface area contributed by atoms with Crippen molar-refractivity contribution in [1.82, 2.24) is 0 Å². The first-order chi connectivity index (χ1) is 7.12. The largest absolute Gasteiger partial charge is 0.359 e. The molecule has 3 heteroatoms. The molecule has 0 aliphatic carbocycles. The van der Waals surface area contributed by atoms with Gasteiger partial charge in [0.1, 0.15) is 12.6 Å². The fourth-order valence-electron chi connectivity index (χ4n) is 1.17. The normalized spacial score (nSPS) is 14.3. The van der Waals surface area contributed by atoms with Crippen LogP contribution in [0.25, 0.3) is 0 Å². The zero-order valence-corrected chi connectivity index (χ0v) is 8.79. The Morgan fingerprint density at radius 2 is 2.27 bits per heavy atom. The van der Waals surface area contributed by atoms with Crippen molar-refractivity contribution in [3.63, 3.8) is 0 Å². The van der Waals surface area contributed by atoms with Crippen LogP contribution in [-0.4, -0.2) is 13.9 Å². The molecule has 80 valence electrons. The smallest absolute Gasteiger partial charge is 0.154 e. The summed E-state index contributed by atoms with van der Waals surface area (Å²) >= 11 is 0. The summed E-state index contributed by atoms with van der Waals surface area (Å²) < 4.78 is 23.1. The van der Waals surface area contributed by atoms with Crippen LogP contribution in [0.15, 0.2) is 24.3 Å². The SMILES string of the molecule is C#CC(C)(OCOC)c1cccc(F)c1. The first-order valence-electron chi connectivity index (χ1n) is 4.49. The van der Waals surface area contributed by atoms with Crippen molar-refractivity contribution in [3.05, 3.63) is 35.6 Å². The predicted molar refractivity (Wildman–Crippen MR) is 55.5 cm³/mol. The lowest BCUT2D eigenvalue weighted by Crippen LogP contribution is -2.25. The van der Waals surface area contributed by atoms with E-state index in [1.807, 2.05) is 0 Å². The van der Waals surface area contributed by atoms with E-state index in [9.17, 15) is 4.39 Å². The summed E-state index contributed by atoms with van der Waals surface area (Å²) in [5.74, 6) is 2.15. The molecule has 1 aromatic rings. The lowest BCUT2D eigenvalue weighted by Gasteiger charge is -2.24. The fourth-order valence-corrected chi connectivity index (χ4v) is 1.17. The molecular weight excluding hydrogens is 195 g/mol. The molecule has 0 aromatic heterocycles. The number of rotatable bonds is 4. The van der Waals surface area contributed by atoms with Crippen molar-refractivity contribution in [2.75, 3.05) is 13.9 Å². The highest BCUT2D eigenvalue weighted by Gasteiger charge is 2.25. The van der Waals surface area contributed by atoms with Gasteiger partial charge in [0, 0.05) is 7.11 Å². The Kier molecular flexibility index (Phi) is 3.84. The van der Waals surface area contributed by atoms with Crippen molar-refractivity contribution < 1.29 is 13.9 Å². The third-order valence-corrected chi connectivity index (χ3v) is 2.12. The Balaban J connectivity index is 2.96. The van der Waals surface area contributed by atoms with E-state index in [0.717, 1.165) is 0 Å². The van der Waals surface area contributed by atoms with Crippen LogP contribution in [0.1, 0.15) is 12.5 Å². The summed E-state index contributed by atoms with van der Waals surface area (Å²) in [5, 5.41) is 0. The number of methoxy groups -OCH3 is 1. The van der Waals surface area contributed by atoms with Gasteiger partial charge in [0.15, 0.2) is 5.60 Å². The van der Waals surface area contributed by atoms with Gasteiger partial charge >= 0.3 is 0 Å². The standard InChI is InChI=1S/C12H13FO2/c1-4-12(2,15-9-14-3)10-6-5-7-11(13)8-10/h1,5-8H,9H2,2-3H3.